The van der Waals surface area contributed by atoms with Crippen LogP contribution in [0, 0.1) is 5.92 Å². The Morgan fingerprint density at radius 3 is 2.30 bits per heavy atom. The summed E-state index contributed by atoms with van der Waals surface area (Å²) < 4.78 is 32.1. The van der Waals surface area contributed by atoms with Crippen molar-refractivity contribution in [3.05, 3.63) is 29.8 Å². The summed E-state index contributed by atoms with van der Waals surface area (Å²) in [5, 5.41) is 0. The minimum absolute atomic E-state index is 0.0110. The van der Waals surface area contributed by atoms with Crippen molar-refractivity contribution in [3.63, 3.8) is 0 Å². The van der Waals surface area contributed by atoms with E-state index in [0.29, 0.717) is 52.2 Å². The van der Waals surface area contributed by atoms with E-state index in [4.69, 9.17) is 4.74 Å². The van der Waals surface area contributed by atoms with E-state index in [9.17, 15) is 18.0 Å². The largest absolute Gasteiger partial charge is 0.379 e. The zero-order valence-corrected chi connectivity index (χ0v) is 20.7. The Kier molecular flexibility index (Phi) is 9.28. The van der Waals surface area contributed by atoms with Crippen molar-refractivity contribution in [1.82, 2.24) is 14.1 Å². The molecule has 184 valence electrons. The summed E-state index contributed by atoms with van der Waals surface area (Å²) in [6.07, 6.45) is 4.46. The van der Waals surface area contributed by atoms with Gasteiger partial charge in [-0.25, -0.2) is 8.42 Å². The Hall–Kier alpha value is -1.97. The summed E-state index contributed by atoms with van der Waals surface area (Å²) >= 11 is 0. The Bertz CT molecular complexity index is 889. The first-order valence-corrected chi connectivity index (χ1v) is 13.5. The number of rotatable bonds is 9. The molecule has 9 heteroatoms. The van der Waals surface area contributed by atoms with Crippen molar-refractivity contribution in [2.24, 2.45) is 5.92 Å². The number of carbonyl (C=O) groups is 2. The minimum atomic E-state index is -3.50. The Morgan fingerprint density at radius 1 is 1.06 bits per heavy atom. The van der Waals surface area contributed by atoms with E-state index in [-0.39, 0.29) is 22.6 Å². The molecule has 3 rings (SSSR count). The predicted octanol–water partition coefficient (Wildman–Crippen LogP) is 2.14. The molecule has 2 fully saturated rings. The maximum Gasteiger partial charge on any atom is 0.243 e. The van der Waals surface area contributed by atoms with Crippen LogP contribution in [-0.4, -0.2) is 87.3 Å². The third-order valence-corrected chi connectivity index (χ3v) is 8.49. The van der Waals surface area contributed by atoms with Crippen LogP contribution < -0.4 is 0 Å². The van der Waals surface area contributed by atoms with Crippen LogP contribution in [0.2, 0.25) is 0 Å². The number of unbranched alkanes of at least 4 members (excludes halogenated alkanes) is 1. The number of benzene rings is 1. The number of hydrogen-bond acceptors (Lipinski definition) is 5. The summed E-state index contributed by atoms with van der Waals surface area (Å²) in [7, 11) is -1.64. The molecule has 0 radical (unpaired) electrons. The van der Waals surface area contributed by atoms with Gasteiger partial charge in [0, 0.05) is 52.1 Å². The van der Waals surface area contributed by atoms with Gasteiger partial charge in [-0.05, 0) is 43.4 Å². The van der Waals surface area contributed by atoms with Crippen LogP contribution in [0.3, 0.4) is 0 Å². The molecule has 1 aromatic carbocycles. The van der Waals surface area contributed by atoms with Crippen molar-refractivity contribution in [1.29, 1.82) is 0 Å². The number of carbonyl (C=O) groups excluding carboxylic acids is 2. The standard InChI is InChI=1S/C24H37N3O5S/c1-3-4-13-25(2)24(29)21-11-14-26(15-12-21)23(28)10-7-20-5-8-22(9-6-20)33(30,31)27-16-18-32-19-17-27/h5-6,8-9,21H,3-4,7,10-19H2,1-2H3. The van der Waals surface area contributed by atoms with Gasteiger partial charge in [-0.1, -0.05) is 25.5 Å². The SMILES string of the molecule is CCCCN(C)C(=O)C1CCN(C(=O)CCc2ccc(S(=O)(=O)N3CCOCC3)cc2)CC1. The summed E-state index contributed by atoms with van der Waals surface area (Å²) in [6, 6.07) is 6.82. The molecule has 2 aliphatic rings. The van der Waals surface area contributed by atoms with E-state index in [1.807, 2.05) is 16.8 Å². The number of hydrogen-bond donors (Lipinski definition) is 0. The van der Waals surface area contributed by atoms with Crippen molar-refractivity contribution in [2.45, 2.75) is 50.3 Å². The third-order valence-electron chi connectivity index (χ3n) is 6.58. The second-order valence-electron chi connectivity index (χ2n) is 8.93. The number of amides is 2. The lowest BCUT2D eigenvalue weighted by molar-refractivity contribution is -0.139. The lowest BCUT2D eigenvalue weighted by atomic mass is 9.95. The van der Waals surface area contributed by atoms with Crippen molar-refractivity contribution < 1.29 is 22.7 Å². The van der Waals surface area contributed by atoms with E-state index in [1.54, 1.807) is 24.3 Å². The smallest absolute Gasteiger partial charge is 0.243 e. The topological polar surface area (TPSA) is 87.2 Å². The first-order valence-electron chi connectivity index (χ1n) is 12.0. The Morgan fingerprint density at radius 2 is 1.70 bits per heavy atom. The van der Waals surface area contributed by atoms with E-state index >= 15 is 0 Å². The summed E-state index contributed by atoms with van der Waals surface area (Å²) in [4.78, 5) is 29.2. The third kappa shape index (κ3) is 6.77. The van der Waals surface area contributed by atoms with E-state index in [0.717, 1.165) is 37.8 Å². The molecule has 0 bridgehead atoms. The molecule has 0 aromatic heterocycles. The van der Waals surface area contributed by atoms with Gasteiger partial charge in [0.1, 0.15) is 0 Å². The van der Waals surface area contributed by atoms with Crippen molar-refractivity contribution in [3.8, 4) is 0 Å². The molecule has 2 saturated heterocycles. The molecule has 2 heterocycles. The molecule has 0 spiro atoms. The fraction of sp³-hybridized carbons (Fsp3) is 0.667. The van der Waals surface area contributed by atoms with Gasteiger partial charge in [-0.15, -0.1) is 0 Å². The fourth-order valence-electron chi connectivity index (χ4n) is 4.37. The van der Waals surface area contributed by atoms with Gasteiger partial charge in [0.25, 0.3) is 0 Å². The van der Waals surface area contributed by atoms with Gasteiger partial charge < -0.3 is 14.5 Å². The maximum atomic E-state index is 12.7. The lowest BCUT2D eigenvalue weighted by Crippen LogP contribution is -2.43. The van der Waals surface area contributed by atoms with Gasteiger partial charge in [0.2, 0.25) is 21.8 Å². The molecule has 8 nitrogen and oxygen atoms in total. The van der Waals surface area contributed by atoms with Crippen LogP contribution in [0.15, 0.2) is 29.2 Å². The summed E-state index contributed by atoms with van der Waals surface area (Å²) in [5.74, 6) is 0.296. The lowest BCUT2D eigenvalue weighted by Gasteiger charge is -2.33. The zero-order chi connectivity index (χ0) is 23.8. The second-order valence-corrected chi connectivity index (χ2v) is 10.9. The number of aryl methyl sites for hydroxylation is 1. The van der Waals surface area contributed by atoms with Crippen LogP contribution in [-0.2, 0) is 30.8 Å². The minimum Gasteiger partial charge on any atom is -0.379 e. The highest BCUT2D eigenvalue weighted by Crippen LogP contribution is 2.21. The molecular formula is C24H37N3O5S. The number of nitrogens with zero attached hydrogens (tertiary/aromatic N) is 3. The number of piperidine rings is 1. The van der Waals surface area contributed by atoms with Crippen LogP contribution in [0.25, 0.3) is 0 Å². The van der Waals surface area contributed by atoms with E-state index in [1.165, 1.54) is 4.31 Å². The highest BCUT2D eigenvalue weighted by atomic mass is 32.2. The highest BCUT2D eigenvalue weighted by molar-refractivity contribution is 7.89. The first kappa shape index (κ1) is 25.6. The molecule has 0 atom stereocenters. The van der Waals surface area contributed by atoms with Crippen molar-refractivity contribution in [2.75, 3.05) is 53.0 Å². The van der Waals surface area contributed by atoms with Gasteiger partial charge in [-0.3, -0.25) is 9.59 Å². The average Bonchev–Trinajstić information content (AvgIpc) is 2.86. The Labute approximate surface area is 197 Å². The summed E-state index contributed by atoms with van der Waals surface area (Å²) in [5.41, 5.74) is 0.937. The van der Waals surface area contributed by atoms with E-state index in [2.05, 4.69) is 6.92 Å². The number of morpholine rings is 1. The molecule has 0 aliphatic carbocycles. The fourth-order valence-corrected chi connectivity index (χ4v) is 5.77. The maximum absolute atomic E-state index is 12.7. The van der Waals surface area contributed by atoms with Crippen LogP contribution in [0.5, 0.6) is 0 Å². The molecule has 33 heavy (non-hydrogen) atoms. The van der Waals surface area contributed by atoms with Gasteiger partial charge >= 0.3 is 0 Å². The van der Waals surface area contributed by atoms with Gasteiger partial charge in [0.15, 0.2) is 0 Å². The molecule has 0 saturated carbocycles. The predicted molar refractivity (Wildman–Crippen MR) is 126 cm³/mol. The molecule has 0 N–H and O–H groups in total. The molecule has 1 aromatic rings. The van der Waals surface area contributed by atoms with Gasteiger partial charge in [-0.2, -0.15) is 4.31 Å². The van der Waals surface area contributed by atoms with Crippen LogP contribution in [0.1, 0.15) is 44.6 Å². The number of sulfonamides is 1. The summed E-state index contributed by atoms with van der Waals surface area (Å²) in [6.45, 7) is 5.72. The van der Waals surface area contributed by atoms with Crippen LogP contribution in [0.4, 0.5) is 0 Å². The van der Waals surface area contributed by atoms with Crippen molar-refractivity contribution >= 4 is 21.8 Å². The quantitative estimate of drug-likeness (QED) is 0.542. The molecule has 2 amide bonds. The van der Waals surface area contributed by atoms with Gasteiger partial charge in [0.05, 0.1) is 18.1 Å². The number of ether oxygens (including phenoxy) is 1. The monoisotopic (exact) mass is 479 g/mol. The molecule has 2 aliphatic heterocycles. The normalized spacial score (nSPS) is 18.3. The highest BCUT2D eigenvalue weighted by Gasteiger charge is 2.29. The van der Waals surface area contributed by atoms with Crippen LogP contribution >= 0.6 is 0 Å². The Balaban J connectivity index is 1.45. The second kappa shape index (κ2) is 11.9. The van der Waals surface area contributed by atoms with E-state index < -0.39 is 10.0 Å². The molecule has 0 unspecified atom stereocenters. The zero-order valence-electron chi connectivity index (χ0n) is 19.9. The molecular weight excluding hydrogens is 442 g/mol. The first-order chi connectivity index (χ1) is 15.8. The number of likely N-dealkylation sites (tertiary alicyclic amines) is 1. The average molecular weight is 480 g/mol.